The van der Waals surface area contributed by atoms with Crippen LogP contribution in [0.2, 0.25) is 0 Å². The third kappa shape index (κ3) is 6.35. The number of rotatable bonds is 9. The van der Waals surface area contributed by atoms with Gasteiger partial charge in [0.15, 0.2) is 11.6 Å². The Morgan fingerprint density at radius 1 is 0.933 bits per heavy atom. The molecule has 0 amide bonds. The summed E-state index contributed by atoms with van der Waals surface area (Å²) in [5, 5.41) is 0.568. The summed E-state index contributed by atoms with van der Waals surface area (Å²) in [5.41, 5.74) is 1.99. The maximum Gasteiger partial charge on any atom is 0.165 e. The molecule has 0 heterocycles. The van der Waals surface area contributed by atoms with Crippen molar-refractivity contribution in [2.24, 2.45) is 0 Å². The zero-order chi connectivity index (χ0) is 21.6. The lowest BCUT2D eigenvalue weighted by atomic mass is 9.86. The summed E-state index contributed by atoms with van der Waals surface area (Å²) >= 11 is 1.86. The minimum Gasteiger partial charge on any atom is -0.454 e. The van der Waals surface area contributed by atoms with Crippen molar-refractivity contribution in [3.63, 3.8) is 0 Å². The molecule has 0 atom stereocenters. The first-order valence-corrected chi connectivity index (χ1v) is 11.1. The molecule has 0 unspecified atom stereocenters. The Labute approximate surface area is 183 Å². The Kier molecular flexibility index (Phi) is 7.57. The third-order valence-corrected chi connectivity index (χ3v) is 5.72. The average molecular weight is 425 g/mol. The highest BCUT2D eigenvalue weighted by Crippen LogP contribution is 2.29. The molecule has 4 heteroatoms. The molecule has 0 spiro atoms. The van der Waals surface area contributed by atoms with Crippen molar-refractivity contribution in [3.8, 4) is 11.5 Å². The SMILES string of the molecule is CC(C)Sc1ccc(C(C)(C)COCc2ccc(F)c(Oc3ccccc3)c2)cc1. The van der Waals surface area contributed by atoms with Crippen molar-refractivity contribution in [2.75, 3.05) is 6.61 Å². The quantitative estimate of drug-likeness (QED) is 0.329. The van der Waals surface area contributed by atoms with Gasteiger partial charge in [0.2, 0.25) is 0 Å². The lowest BCUT2D eigenvalue weighted by Crippen LogP contribution is -2.24. The van der Waals surface area contributed by atoms with Gasteiger partial charge >= 0.3 is 0 Å². The largest absolute Gasteiger partial charge is 0.454 e. The number of hydrogen-bond donors (Lipinski definition) is 0. The van der Waals surface area contributed by atoms with Crippen molar-refractivity contribution in [2.45, 2.75) is 49.9 Å². The maximum atomic E-state index is 14.1. The number of halogens is 1. The zero-order valence-electron chi connectivity index (χ0n) is 18.0. The van der Waals surface area contributed by atoms with Crippen LogP contribution >= 0.6 is 11.8 Å². The van der Waals surface area contributed by atoms with Crippen molar-refractivity contribution in [1.82, 2.24) is 0 Å². The molecule has 2 nitrogen and oxygen atoms in total. The molecule has 0 aliphatic carbocycles. The summed E-state index contributed by atoms with van der Waals surface area (Å²) in [6, 6.07) is 22.8. The monoisotopic (exact) mass is 424 g/mol. The van der Waals surface area contributed by atoms with Crippen LogP contribution in [0.15, 0.2) is 77.7 Å². The molecule has 3 rings (SSSR count). The molecule has 0 aliphatic rings. The molecule has 0 aliphatic heterocycles. The summed E-state index contributed by atoms with van der Waals surface area (Å²) in [6.45, 7) is 9.70. The van der Waals surface area contributed by atoms with E-state index in [2.05, 4.69) is 52.0 Å². The fraction of sp³-hybridized carbons (Fsp3) is 0.308. The standard InChI is InChI=1S/C26H29FO2S/c1-19(2)30-23-13-11-21(12-14-23)26(3,4)18-28-17-20-10-15-24(27)25(16-20)29-22-8-6-5-7-9-22/h5-16,19H,17-18H2,1-4H3. The van der Waals surface area contributed by atoms with Gasteiger partial charge in [-0.15, -0.1) is 11.8 Å². The van der Waals surface area contributed by atoms with Gasteiger partial charge in [-0.1, -0.05) is 64.1 Å². The fourth-order valence-corrected chi connectivity index (χ4v) is 3.93. The molecule has 3 aromatic carbocycles. The Hall–Kier alpha value is -2.30. The van der Waals surface area contributed by atoms with E-state index in [4.69, 9.17) is 9.47 Å². The fourth-order valence-electron chi connectivity index (χ4n) is 3.10. The van der Waals surface area contributed by atoms with Crippen LogP contribution in [-0.4, -0.2) is 11.9 Å². The second-order valence-electron chi connectivity index (χ2n) is 8.25. The molecule has 30 heavy (non-hydrogen) atoms. The summed E-state index contributed by atoms with van der Waals surface area (Å²) in [4.78, 5) is 1.28. The summed E-state index contributed by atoms with van der Waals surface area (Å²) in [5.74, 6) is 0.428. The van der Waals surface area contributed by atoms with Crippen LogP contribution in [0.25, 0.3) is 0 Å². The van der Waals surface area contributed by atoms with Gasteiger partial charge in [0, 0.05) is 15.6 Å². The van der Waals surface area contributed by atoms with Gasteiger partial charge in [-0.05, 0) is 47.5 Å². The third-order valence-electron chi connectivity index (χ3n) is 4.71. The van der Waals surface area contributed by atoms with Crippen LogP contribution < -0.4 is 4.74 Å². The van der Waals surface area contributed by atoms with Crippen molar-refractivity contribution < 1.29 is 13.9 Å². The number of ether oxygens (including phenoxy) is 2. The Morgan fingerprint density at radius 3 is 2.30 bits per heavy atom. The van der Waals surface area contributed by atoms with Crippen LogP contribution in [-0.2, 0) is 16.8 Å². The minimum absolute atomic E-state index is 0.121. The lowest BCUT2D eigenvalue weighted by Gasteiger charge is -2.25. The first kappa shape index (κ1) is 22.4. The predicted molar refractivity (Wildman–Crippen MR) is 123 cm³/mol. The number of hydrogen-bond acceptors (Lipinski definition) is 3. The molecule has 158 valence electrons. The van der Waals surface area contributed by atoms with E-state index in [1.54, 1.807) is 24.3 Å². The van der Waals surface area contributed by atoms with Gasteiger partial charge in [0.25, 0.3) is 0 Å². The van der Waals surface area contributed by atoms with Crippen LogP contribution in [0, 0.1) is 5.82 Å². The van der Waals surface area contributed by atoms with Crippen LogP contribution in [0.4, 0.5) is 4.39 Å². The van der Waals surface area contributed by atoms with Gasteiger partial charge < -0.3 is 9.47 Å². The van der Waals surface area contributed by atoms with Crippen LogP contribution in [0.5, 0.6) is 11.5 Å². The van der Waals surface area contributed by atoms with E-state index in [0.29, 0.717) is 24.2 Å². The highest BCUT2D eigenvalue weighted by Gasteiger charge is 2.21. The molecule has 0 saturated carbocycles. The highest BCUT2D eigenvalue weighted by atomic mass is 32.2. The Balaban J connectivity index is 1.59. The van der Waals surface area contributed by atoms with E-state index in [1.807, 2.05) is 30.0 Å². The van der Waals surface area contributed by atoms with E-state index in [1.165, 1.54) is 16.5 Å². The first-order valence-electron chi connectivity index (χ1n) is 10.2. The van der Waals surface area contributed by atoms with Gasteiger partial charge in [0.1, 0.15) is 5.75 Å². The average Bonchev–Trinajstić information content (AvgIpc) is 2.71. The highest BCUT2D eigenvalue weighted by molar-refractivity contribution is 7.99. The molecule has 3 aromatic rings. The summed E-state index contributed by atoms with van der Waals surface area (Å²) in [7, 11) is 0. The number of benzene rings is 3. The topological polar surface area (TPSA) is 18.5 Å². The van der Waals surface area contributed by atoms with Gasteiger partial charge in [0.05, 0.1) is 13.2 Å². The number of thioether (sulfide) groups is 1. The van der Waals surface area contributed by atoms with E-state index < -0.39 is 0 Å². The second-order valence-corrected chi connectivity index (χ2v) is 9.90. The molecule has 0 saturated heterocycles. The van der Waals surface area contributed by atoms with Crippen molar-refractivity contribution in [3.05, 3.63) is 89.7 Å². The second kappa shape index (κ2) is 10.1. The van der Waals surface area contributed by atoms with Gasteiger partial charge in [-0.25, -0.2) is 4.39 Å². The van der Waals surface area contributed by atoms with Crippen LogP contribution in [0.3, 0.4) is 0 Å². The van der Waals surface area contributed by atoms with Gasteiger partial charge in [-0.3, -0.25) is 0 Å². The molecular formula is C26H29FO2S. The Morgan fingerprint density at radius 2 is 1.63 bits per heavy atom. The van der Waals surface area contributed by atoms with Gasteiger partial charge in [-0.2, -0.15) is 0 Å². The maximum absolute atomic E-state index is 14.1. The normalized spacial score (nSPS) is 11.7. The smallest absolute Gasteiger partial charge is 0.165 e. The summed E-state index contributed by atoms with van der Waals surface area (Å²) < 4.78 is 25.8. The molecule has 0 aromatic heterocycles. The van der Waals surface area contributed by atoms with E-state index in [0.717, 1.165) is 5.56 Å². The Bertz CT molecular complexity index is 937. The molecular weight excluding hydrogens is 395 g/mol. The molecule has 0 bridgehead atoms. The first-order chi connectivity index (χ1) is 14.3. The predicted octanol–water partition coefficient (Wildman–Crippen LogP) is 7.61. The van der Waals surface area contributed by atoms with Crippen LogP contribution in [0.1, 0.15) is 38.8 Å². The van der Waals surface area contributed by atoms with Crippen molar-refractivity contribution in [1.29, 1.82) is 0 Å². The summed E-state index contributed by atoms with van der Waals surface area (Å²) in [6.07, 6.45) is 0. The van der Waals surface area contributed by atoms with E-state index in [9.17, 15) is 4.39 Å². The lowest BCUT2D eigenvalue weighted by molar-refractivity contribution is 0.0823. The minimum atomic E-state index is -0.387. The zero-order valence-corrected chi connectivity index (χ0v) is 18.8. The van der Waals surface area contributed by atoms with E-state index in [-0.39, 0.29) is 17.0 Å². The molecule has 0 N–H and O–H groups in total. The van der Waals surface area contributed by atoms with Crippen molar-refractivity contribution >= 4 is 11.8 Å². The van der Waals surface area contributed by atoms with E-state index >= 15 is 0 Å². The molecule has 0 radical (unpaired) electrons. The molecule has 0 fully saturated rings. The number of para-hydroxylation sites is 1.